The van der Waals surface area contributed by atoms with Gasteiger partial charge in [-0.3, -0.25) is 13.8 Å². The summed E-state index contributed by atoms with van der Waals surface area (Å²) in [5.41, 5.74) is 0. The fraction of sp³-hybridized carbons (Fsp3) is 0.717. The largest absolute Gasteiger partial charge is 0.472 e. The summed E-state index contributed by atoms with van der Waals surface area (Å²) in [4.78, 5) is 23.3. The zero-order chi connectivity index (χ0) is 50.6. The molecule has 0 saturated heterocycles. The number of rotatable bonds is 50. The van der Waals surface area contributed by atoms with Crippen LogP contribution in [0.25, 0.3) is 0 Å². The number of likely N-dealkylation sites (N-methyl/N-ethyl adjacent to an activating group) is 1. The minimum Gasteiger partial charge on any atom is -0.387 e. The van der Waals surface area contributed by atoms with Gasteiger partial charge >= 0.3 is 7.82 Å². The number of hydrogen-bond acceptors (Lipinski definition) is 5. The molecule has 0 aliphatic heterocycles. The Morgan fingerprint density at radius 1 is 0.507 bits per heavy atom. The average Bonchev–Trinajstić information content (AvgIpc) is 3.31. The first-order chi connectivity index (χ1) is 33.5. The first-order valence-corrected chi connectivity index (χ1v) is 29.6. The molecule has 3 N–H and O–H groups in total. The Labute approximate surface area is 426 Å². The summed E-state index contributed by atoms with van der Waals surface area (Å²) in [5.74, 6) is -0.194. The minimum absolute atomic E-state index is 0.0500. The topological polar surface area (TPSA) is 105 Å². The summed E-state index contributed by atoms with van der Waals surface area (Å²) >= 11 is 0. The van der Waals surface area contributed by atoms with Crippen molar-refractivity contribution >= 4 is 13.7 Å². The van der Waals surface area contributed by atoms with Gasteiger partial charge in [-0.2, -0.15) is 0 Å². The molecule has 0 heterocycles. The lowest BCUT2D eigenvalue weighted by Gasteiger charge is -2.25. The third-order valence-corrected chi connectivity index (χ3v) is 13.0. The maximum absolute atomic E-state index is 13.0. The average molecular weight is 985 g/mol. The van der Waals surface area contributed by atoms with Crippen LogP contribution < -0.4 is 5.32 Å². The van der Waals surface area contributed by atoms with E-state index in [-0.39, 0.29) is 19.1 Å². The molecule has 0 aromatic heterocycles. The molecule has 3 atom stereocenters. The molecule has 0 aliphatic rings. The number of unbranched alkanes of at least 4 members (excludes halogenated alkanes) is 23. The number of allylic oxidation sites excluding steroid dienone is 15. The number of hydrogen-bond donors (Lipinski definition) is 3. The van der Waals surface area contributed by atoms with Crippen LogP contribution in [0.2, 0.25) is 0 Å². The molecule has 0 rings (SSSR count). The Kier molecular flexibility index (Phi) is 48.5. The van der Waals surface area contributed by atoms with Crippen molar-refractivity contribution in [3.63, 3.8) is 0 Å². The zero-order valence-electron chi connectivity index (χ0n) is 45.3. The Morgan fingerprint density at radius 2 is 0.884 bits per heavy atom. The smallest absolute Gasteiger partial charge is 0.387 e. The van der Waals surface area contributed by atoms with Gasteiger partial charge in [0.15, 0.2) is 0 Å². The second-order valence-corrected chi connectivity index (χ2v) is 21.4. The number of amides is 1. The predicted octanol–water partition coefficient (Wildman–Crippen LogP) is 17.0. The second-order valence-electron chi connectivity index (χ2n) is 19.9. The number of phosphoric ester groups is 1. The van der Waals surface area contributed by atoms with E-state index in [0.717, 1.165) is 77.0 Å². The van der Waals surface area contributed by atoms with Crippen LogP contribution >= 0.6 is 7.82 Å². The van der Waals surface area contributed by atoms with Gasteiger partial charge in [-0.05, 0) is 89.9 Å². The van der Waals surface area contributed by atoms with E-state index in [0.29, 0.717) is 17.4 Å². The van der Waals surface area contributed by atoms with Crippen molar-refractivity contribution in [3.8, 4) is 0 Å². The Bertz CT molecular complexity index is 1440. The fourth-order valence-corrected chi connectivity index (χ4v) is 8.37. The van der Waals surface area contributed by atoms with Gasteiger partial charge in [-0.15, -0.1) is 0 Å². The quantitative estimate of drug-likeness (QED) is 0.0243. The molecule has 1 amide bonds. The van der Waals surface area contributed by atoms with Crippen molar-refractivity contribution in [1.82, 2.24) is 5.32 Å². The Hall–Kier alpha value is -2.58. The van der Waals surface area contributed by atoms with Gasteiger partial charge < -0.3 is 19.8 Å². The van der Waals surface area contributed by atoms with Crippen LogP contribution in [0.15, 0.2) is 97.2 Å². The zero-order valence-corrected chi connectivity index (χ0v) is 46.2. The first-order valence-electron chi connectivity index (χ1n) is 28.1. The standard InChI is InChI=1S/C60H107N2O6P/c1-6-8-10-12-14-16-18-20-22-24-25-26-27-28-29-30-31-32-33-34-35-36-37-38-40-42-44-46-48-50-52-54-60(64)61-58(57-68-69(65,66)67-56-55-62(3,4)5)59(63)53-51-49-47-45-43-41-39-23-21-19-17-15-13-11-9-7-2/h8,10,14,16,20-23,25-26,28-29,43,45,51,53,58-59,63H,6-7,9,11-13,15,17-19,24,27,30-42,44,46-50,52,54-57H2,1-5H3,(H-,61,64,65,66)/p+1/b10-8-,16-14-,22-20-,23-21+,26-25-,29-28-,45-43+,53-51+. The minimum atomic E-state index is -4.36. The third-order valence-electron chi connectivity index (χ3n) is 12.0. The SMILES string of the molecule is CC/C=C\C/C=C\C/C=C\C/C=C\C/C=C\CCCCCCCCCCCCCCCCCC(=O)NC(COP(=O)(O)OCC[N+](C)(C)C)C(O)/C=C/CC/C=C/CC/C=C/CCCCCCCC. The summed E-state index contributed by atoms with van der Waals surface area (Å²) in [6, 6.07) is -0.874. The molecular formula is C60H108N2O6P+. The van der Waals surface area contributed by atoms with Crippen LogP contribution in [0.1, 0.15) is 226 Å². The number of phosphoric acid groups is 1. The summed E-state index contributed by atoms with van der Waals surface area (Å²) in [7, 11) is 1.54. The predicted molar refractivity (Wildman–Crippen MR) is 299 cm³/mol. The van der Waals surface area contributed by atoms with Gasteiger partial charge in [0, 0.05) is 6.42 Å². The maximum Gasteiger partial charge on any atom is 0.472 e. The summed E-state index contributed by atoms with van der Waals surface area (Å²) in [6.45, 7) is 4.66. The molecule has 0 aliphatic carbocycles. The van der Waals surface area contributed by atoms with E-state index in [9.17, 15) is 19.4 Å². The molecule has 3 unspecified atom stereocenters. The number of quaternary nitrogens is 1. The monoisotopic (exact) mass is 984 g/mol. The van der Waals surface area contributed by atoms with Gasteiger partial charge in [0.25, 0.3) is 0 Å². The first kappa shape index (κ1) is 66.4. The lowest BCUT2D eigenvalue weighted by atomic mass is 10.0. The number of nitrogens with one attached hydrogen (secondary N) is 1. The number of nitrogens with zero attached hydrogens (tertiary/aromatic N) is 1. The number of aliphatic hydroxyl groups is 1. The van der Waals surface area contributed by atoms with Crippen LogP contribution in [0.4, 0.5) is 0 Å². The Balaban J connectivity index is 4.19. The summed E-state index contributed by atoms with van der Waals surface area (Å²) < 4.78 is 23.6. The molecule has 0 bridgehead atoms. The number of aliphatic hydroxyl groups excluding tert-OH is 1. The van der Waals surface area contributed by atoms with Crippen LogP contribution in [0, 0.1) is 0 Å². The van der Waals surface area contributed by atoms with Gasteiger partial charge in [-0.25, -0.2) is 4.57 Å². The van der Waals surface area contributed by atoms with Gasteiger partial charge in [0.05, 0.1) is 39.9 Å². The lowest BCUT2D eigenvalue weighted by molar-refractivity contribution is -0.870. The van der Waals surface area contributed by atoms with Crippen LogP contribution in [0.5, 0.6) is 0 Å². The van der Waals surface area contributed by atoms with Crippen molar-refractivity contribution in [2.75, 3.05) is 40.9 Å². The van der Waals surface area contributed by atoms with E-state index in [1.807, 2.05) is 27.2 Å². The summed E-state index contributed by atoms with van der Waals surface area (Å²) in [5, 5.41) is 13.9. The van der Waals surface area contributed by atoms with Gasteiger partial charge in [-0.1, -0.05) is 227 Å². The molecule has 0 aromatic carbocycles. The molecule has 398 valence electrons. The van der Waals surface area contributed by atoms with E-state index in [4.69, 9.17) is 9.05 Å². The van der Waals surface area contributed by atoms with Gasteiger partial charge in [0.2, 0.25) is 5.91 Å². The van der Waals surface area contributed by atoms with Crippen molar-refractivity contribution < 1.29 is 32.9 Å². The molecule has 0 spiro atoms. The molecule has 0 radical (unpaired) electrons. The lowest BCUT2D eigenvalue weighted by Crippen LogP contribution is -2.45. The molecule has 0 aromatic rings. The molecular weight excluding hydrogens is 876 g/mol. The molecule has 0 saturated carbocycles. The van der Waals surface area contributed by atoms with E-state index in [1.165, 1.54) is 128 Å². The highest BCUT2D eigenvalue weighted by Gasteiger charge is 2.27. The number of carbonyl (C=O) groups excluding carboxylic acids is 1. The van der Waals surface area contributed by atoms with Crippen molar-refractivity contribution in [1.29, 1.82) is 0 Å². The van der Waals surface area contributed by atoms with E-state index in [2.05, 4.69) is 104 Å². The molecule has 9 heteroatoms. The highest BCUT2D eigenvalue weighted by Crippen LogP contribution is 2.43. The Morgan fingerprint density at radius 3 is 1.33 bits per heavy atom. The van der Waals surface area contributed by atoms with E-state index < -0.39 is 20.0 Å². The van der Waals surface area contributed by atoms with Crippen molar-refractivity contribution in [2.24, 2.45) is 0 Å². The van der Waals surface area contributed by atoms with Crippen LogP contribution in [-0.4, -0.2) is 73.4 Å². The molecule has 0 fully saturated rings. The molecule has 69 heavy (non-hydrogen) atoms. The van der Waals surface area contributed by atoms with E-state index >= 15 is 0 Å². The van der Waals surface area contributed by atoms with E-state index in [1.54, 1.807) is 6.08 Å². The summed E-state index contributed by atoms with van der Waals surface area (Å²) in [6.07, 6.45) is 72.2. The molecule has 8 nitrogen and oxygen atoms in total. The third kappa shape index (κ3) is 53.1. The highest BCUT2D eigenvalue weighted by atomic mass is 31.2. The van der Waals surface area contributed by atoms with Crippen LogP contribution in [-0.2, 0) is 18.4 Å². The number of carbonyl (C=O) groups is 1. The maximum atomic E-state index is 13.0. The normalized spacial score (nSPS) is 14.7. The second kappa shape index (κ2) is 50.4. The van der Waals surface area contributed by atoms with Crippen molar-refractivity contribution in [3.05, 3.63) is 97.2 Å². The fourth-order valence-electron chi connectivity index (χ4n) is 7.63. The van der Waals surface area contributed by atoms with Gasteiger partial charge in [0.1, 0.15) is 13.2 Å². The van der Waals surface area contributed by atoms with Crippen molar-refractivity contribution in [2.45, 2.75) is 238 Å². The van der Waals surface area contributed by atoms with Crippen LogP contribution in [0.3, 0.4) is 0 Å². The highest BCUT2D eigenvalue weighted by molar-refractivity contribution is 7.47.